The highest BCUT2D eigenvalue weighted by Gasteiger charge is 2.23. The molecule has 0 saturated carbocycles. The molecule has 1 N–H and O–H groups in total. The van der Waals surface area contributed by atoms with Gasteiger partial charge < -0.3 is 14.6 Å². The van der Waals surface area contributed by atoms with Gasteiger partial charge >= 0.3 is 5.97 Å². The highest BCUT2D eigenvalue weighted by molar-refractivity contribution is 6.15. The lowest BCUT2D eigenvalue weighted by molar-refractivity contribution is 0.0523. The molecule has 0 amide bonds. The van der Waals surface area contributed by atoms with Crippen molar-refractivity contribution in [1.82, 2.24) is 0 Å². The van der Waals surface area contributed by atoms with Gasteiger partial charge in [-0.1, -0.05) is 12.1 Å². The molecule has 0 aliphatic carbocycles. The first-order valence-electron chi connectivity index (χ1n) is 6.86. The maximum atomic E-state index is 13.3. The minimum atomic E-state index is -0.731. The third kappa shape index (κ3) is 3.48. The van der Waals surface area contributed by atoms with Gasteiger partial charge in [-0.3, -0.25) is 4.79 Å². The van der Waals surface area contributed by atoms with Crippen LogP contribution in [0.2, 0.25) is 0 Å². The van der Waals surface area contributed by atoms with Crippen LogP contribution < -0.4 is 4.74 Å². The second kappa shape index (κ2) is 6.91. The zero-order chi connectivity index (χ0) is 17.0. The first kappa shape index (κ1) is 16.5. The fraction of sp³-hybridized carbons (Fsp3) is 0.176. The minimum Gasteiger partial charge on any atom is -0.504 e. The van der Waals surface area contributed by atoms with Gasteiger partial charge in [0.05, 0.1) is 19.3 Å². The fourth-order valence-corrected chi connectivity index (χ4v) is 2.08. The molecule has 23 heavy (non-hydrogen) atoms. The Morgan fingerprint density at radius 3 is 2.52 bits per heavy atom. The van der Waals surface area contributed by atoms with Gasteiger partial charge in [-0.15, -0.1) is 0 Å². The molecule has 2 aromatic carbocycles. The van der Waals surface area contributed by atoms with E-state index < -0.39 is 17.6 Å². The number of esters is 1. The van der Waals surface area contributed by atoms with E-state index in [1.807, 2.05) is 0 Å². The molecule has 0 fully saturated rings. The summed E-state index contributed by atoms with van der Waals surface area (Å²) in [6.07, 6.45) is 0. The summed E-state index contributed by atoms with van der Waals surface area (Å²) in [5.74, 6) is -2.19. The number of halogens is 1. The quantitative estimate of drug-likeness (QED) is 0.678. The molecule has 6 heteroatoms. The first-order valence-corrected chi connectivity index (χ1v) is 6.86. The van der Waals surface area contributed by atoms with Crippen LogP contribution in [0.25, 0.3) is 0 Å². The van der Waals surface area contributed by atoms with Crippen LogP contribution >= 0.6 is 0 Å². The molecule has 0 heterocycles. The van der Waals surface area contributed by atoms with Crippen LogP contribution in [0.5, 0.6) is 11.5 Å². The van der Waals surface area contributed by atoms with Crippen molar-refractivity contribution in [2.45, 2.75) is 6.92 Å². The fourth-order valence-electron chi connectivity index (χ4n) is 2.08. The molecule has 0 radical (unpaired) electrons. The molecule has 0 saturated heterocycles. The average molecular weight is 318 g/mol. The van der Waals surface area contributed by atoms with Gasteiger partial charge in [-0.2, -0.15) is 0 Å². The number of hydrogen-bond donors (Lipinski definition) is 1. The lowest BCUT2D eigenvalue weighted by Gasteiger charge is -2.12. The lowest BCUT2D eigenvalue weighted by atomic mass is 9.97. The smallest absolute Gasteiger partial charge is 0.339 e. The zero-order valence-electron chi connectivity index (χ0n) is 12.6. The van der Waals surface area contributed by atoms with Crippen LogP contribution in [0.3, 0.4) is 0 Å². The van der Waals surface area contributed by atoms with Crippen molar-refractivity contribution in [1.29, 1.82) is 0 Å². The van der Waals surface area contributed by atoms with Gasteiger partial charge in [-0.05, 0) is 31.2 Å². The van der Waals surface area contributed by atoms with Crippen molar-refractivity contribution in [3.63, 3.8) is 0 Å². The highest BCUT2D eigenvalue weighted by Crippen LogP contribution is 2.31. The second-order valence-corrected chi connectivity index (χ2v) is 4.63. The monoisotopic (exact) mass is 318 g/mol. The van der Waals surface area contributed by atoms with Gasteiger partial charge in [-0.25, -0.2) is 9.18 Å². The van der Waals surface area contributed by atoms with Gasteiger partial charge in [0, 0.05) is 11.1 Å². The number of phenols is 1. The van der Waals surface area contributed by atoms with E-state index in [0.29, 0.717) is 0 Å². The van der Waals surface area contributed by atoms with E-state index in [4.69, 9.17) is 9.47 Å². The van der Waals surface area contributed by atoms with Crippen LogP contribution in [-0.2, 0) is 4.74 Å². The normalized spacial score (nSPS) is 10.2. The summed E-state index contributed by atoms with van der Waals surface area (Å²) >= 11 is 0. The zero-order valence-corrected chi connectivity index (χ0v) is 12.6. The molecule has 0 bridgehead atoms. The summed E-state index contributed by atoms with van der Waals surface area (Å²) < 4.78 is 23.2. The number of rotatable bonds is 5. The van der Waals surface area contributed by atoms with Crippen LogP contribution in [0, 0.1) is 5.82 Å². The number of methoxy groups -OCH3 is 1. The SMILES string of the molecule is CCOC(=O)c1cc(OC)c(O)cc1C(=O)c1cccc(F)c1. The van der Waals surface area contributed by atoms with E-state index in [1.165, 1.54) is 31.4 Å². The number of carbonyl (C=O) groups excluding carboxylic acids is 2. The molecule has 0 aromatic heterocycles. The van der Waals surface area contributed by atoms with E-state index in [2.05, 4.69) is 0 Å². The lowest BCUT2D eigenvalue weighted by Crippen LogP contribution is -2.13. The van der Waals surface area contributed by atoms with Crippen LogP contribution in [0.1, 0.15) is 33.2 Å². The Labute approximate surface area is 132 Å². The van der Waals surface area contributed by atoms with Gasteiger partial charge in [0.2, 0.25) is 0 Å². The van der Waals surface area contributed by atoms with E-state index in [1.54, 1.807) is 6.92 Å². The van der Waals surface area contributed by atoms with Crippen molar-refractivity contribution in [2.75, 3.05) is 13.7 Å². The molecule has 120 valence electrons. The second-order valence-electron chi connectivity index (χ2n) is 4.63. The maximum absolute atomic E-state index is 13.3. The third-order valence-corrected chi connectivity index (χ3v) is 3.15. The highest BCUT2D eigenvalue weighted by atomic mass is 19.1. The predicted molar refractivity (Wildman–Crippen MR) is 80.4 cm³/mol. The third-order valence-electron chi connectivity index (χ3n) is 3.15. The number of ketones is 1. The Morgan fingerprint density at radius 1 is 1.17 bits per heavy atom. The molecule has 0 aliphatic rings. The molecule has 0 atom stereocenters. The summed E-state index contributed by atoms with van der Waals surface area (Å²) in [7, 11) is 1.32. The molecule has 2 rings (SSSR count). The van der Waals surface area contributed by atoms with E-state index in [0.717, 1.165) is 12.1 Å². The Kier molecular flexibility index (Phi) is 4.95. The molecular formula is C17H15FO5. The van der Waals surface area contributed by atoms with Crippen molar-refractivity contribution in [3.8, 4) is 11.5 Å². The van der Waals surface area contributed by atoms with Crippen LogP contribution in [-0.4, -0.2) is 30.6 Å². The summed E-state index contributed by atoms with van der Waals surface area (Å²) in [6.45, 7) is 1.75. The summed E-state index contributed by atoms with van der Waals surface area (Å²) in [5.41, 5.74) is -0.0942. The van der Waals surface area contributed by atoms with Gasteiger partial charge in [0.25, 0.3) is 0 Å². The van der Waals surface area contributed by atoms with Crippen molar-refractivity contribution in [3.05, 3.63) is 58.9 Å². The minimum absolute atomic E-state index is 0.0313. The van der Waals surface area contributed by atoms with Gasteiger partial charge in [0.1, 0.15) is 5.82 Å². The predicted octanol–water partition coefficient (Wildman–Crippen LogP) is 2.95. The average Bonchev–Trinajstić information content (AvgIpc) is 2.54. The van der Waals surface area contributed by atoms with Crippen molar-refractivity contribution in [2.24, 2.45) is 0 Å². The molecule has 2 aromatic rings. The Hall–Kier alpha value is -2.89. The molecule has 0 spiro atoms. The standard InChI is InChI=1S/C17H15FO5/c1-3-23-17(21)13-9-15(22-2)14(19)8-12(13)16(20)10-5-4-6-11(18)7-10/h4-9,19H,3H2,1-2H3. The molecule has 5 nitrogen and oxygen atoms in total. The van der Waals surface area contributed by atoms with E-state index in [9.17, 15) is 19.1 Å². The molecule has 0 unspecified atom stereocenters. The van der Waals surface area contributed by atoms with Gasteiger partial charge in [0.15, 0.2) is 17.3 Å². The Bertz CT molecular complexity index is 755. The van der Waals surface area contributed by atoms with Crippen molar-refractivity contribution >= 4 is 11.8 Å². The number of ether oxygens (including phenoxy) is 2. The number of hydrogen-bond acceptors (Lipinski definition) is 5. The summed E-state index contributed by atoms with van der Waals surface area (Å²) in [4.78, 5) is 24.6. The Morgan fingerprint density at radius 2 is 1.91 bits per heavy atom. The number of phenolic OH excluding ortho intramolecular Hbond substituents is 1. The van der Waals surface area contributed by atoms with E-state index in [-0.39, 0.29) is 34.8 Å². The summed E-state index contributed by atoms with van der Waals surface area (Å²) in [6, 6.07) is 7.39. The molecular weight excluding hydrogens is 303 g/mol. The van der Waals surface area contributed by atoms with Crippen molar-refractivity contribution < 1.29 is 28.6 Å². The molecule has 0 aliphatic heterocycles. The van der Waals surface area contributed by atoms with Crippen LogP contribution in [0.4, 0.5) is 4.39 Å². The first-order chi connectivity index (χ1) is 11.0. The summed E-state index contributed by atoms with van der Waals surface area (Å²) in [5, 5.41) is 9.87. The largest absolute Gasteiger partial charge is 0.504 e. The maximum Gasteiger partial charge on any atom is 0.339 e. The number of aromatic hydroxyl groups is 1. The Balaban J connectivity index is 2.57. The number of carbonyl (C=O) groups is 2. The topological polar surface area (TPSA) is 72.8 Å². The van der Waals surface area contributed by atoms with Crippen LogP contribution in [0.15, 0.2) is 36.4 Å². The number of benzene rings is 2. The van der Waals surface area contributed by atoms with E-state index >= 15 is 0 Å².